The lowest BCUT2D eigenvalue weighted by molar-refractivity contribution is -0.178. The minimum atomic E-state index is -1.95. The van der Waals surface area contributed by atoms with E-state index >= 15 is 28.8 Å². The number of nitrogens with one attached hydrogen (secondary N) is 1. The van der Waals surface area contributed by atoms with Crippen molar-refractivity contribution in [2.75, 3.05) is 34.7 Å². The molecule has 3 unspecified atom stereocenters. The predicted molar refractivity (Wildman–Crippen MR) is 341 cm³/mol. The quantitative estimate of drug-likeness (QED) is 0.136. The lowest BCUT2D eigenvalue weighted by Crippen LogP contribution is -2.61. The van der Waals surface area contributed by atoms with Crippen molar-refractivity contribution < 1.29 is 53.0 Å². The van der Waals surface area contributed by atoms with Crippen LogP contribution in [0.5, 0.6) is 0 Å². The van der Waals surface area contributed by atoms with Crippen molar-refractivity contribution in [1.82, 2.24) is 34.8 Å². The molecule has 3 heterocycles. The first-order chi connectivity index (χ1) is 41.2. The van der Waals surface area contributed by atoms with Gasteiger partial charge in [-0.05, 0) is 104 Å². The number of fused-ring (bicyclic) bond motifs is 1. The normalized spacial score (nSPS) is 25.2. The average molecular weight is 1220 g/mol. The molecule has 0 radical (unpaired) electrons. The summed E-state index contributed by atoms with van der Waals surface area (Å²) in [5, 5.41) is 14.8. The maximum atomic E-state index is 15.8. The SMILES string of the molecule is CCC(C)[C@@H]1CC(=O)[C@@H]2CCCN2C(=O)[C@H](Cc2cccc(-c3ccnc(C(C)C)c3)c2)N(C)C(=O)[C@H](Cc2ccccc2)NC(=O)[C@H](C(C)C)N(C)C(=O)[C@@H](C(C)CC)OC(=O)[C@H](C(C)(C)O)N(C)C(=O)C(CC(C)C)CC(=O)[C@H](C(C)C)N(C)C1=O. The number of ether oxygens (including phenoxy) is 1. The molecule has 2 aromatic carbocycles. The number of rotatable bonds is 15. The van der Waals surface area contributed by atoms with E-state index in [0.717, 1.165) is 27.3 Å². The molecule has 5 rings (SSSR count). The Labute approximate surface area is 524 Å². The number of benzene rings is 2. The van der Waals surface area contributed by atoms with Gasteiger partial charge in [-0.1, -0.05) is 144 Å². The van der Waals surface area contributed by atoms with Crippen molar-refractivity contribution in [3.05, 3.63) is 89.7 Å². The molecule has 484 valence electrons. The molecule has 2 aliphatic heterocycles. The third-order valence-corrected chi connectivity index (χ3v) is 18.3. The molecule has 2 fully saturated rings. The number of amides is 6. The number of hydrogen-bond donors (Lipinski definition) is 2. The molecule has 0 bridgehead atoms. The summed E-state index contributed by atoms with van der Waals surface area (Å²) in [5.41, 5.74) is 2.14. The molecule has 2 aliphatic rings. The van der Waals surface area contributed by atoms with Gasteiger partial charge >= 0.3 is 5.97 Å². The summed E-state index contributed by atoms with van der Waals surface area (Å²) >= 11 is 0. The van der Waals surface area contributed by atoms with Gasteiger partial charge in [0.2, 0.25) is 29.5 Å². The number of Topliss-reactive ketones (excluding diaryl/α,β-unsaturated/α-hetero) is 2. The minimum absolute atomic E-state index is 0.0131. The lowest BCUT2D eigenvalue weighted by Gasteiger charge is -2.39. The second-order valence-corrected chi connectivity index (χ2v) is 27.1. The molecule has 0 aliphatic carbocycles. The van der Waals surface area contributed by atoms with Crippen molar-refractivity contribution in [2.24, 2.45) is 41.4 Å². The molecule has 18 heteroatoms. The Morgan fingerprint density at radius 3 is 1.82 bits per heavy atom. The highest BCUT2D eigenvalue weighted by Gasteiger charge is 2.48. The second kappa shape index (κ2) is 31.6. The molecule has 2 N–H and O–H groups in total. The van der Waals surface area contributed by atoms with Crippen LogP contribution in [0.2, 0.25) is 0 Å². The fourth-order valence-electron chi connectivity index (χ4n) is 12.9. The molecule has 88 heavy (non-hydrogen) atoms. The van der Waals surface area contributed by atoms with Crippen LogP contribution >= 0.6 is 0 Å². The van der Waals surface area contributed by atoms with Crippen LogP contribution in [0, 0.1) is 41.4 Å². The van der Waals surface area contributed by atoms with Gasteiger partial charge in [-0.25, -0.2) is 4.79 Å². The van der Waals surface area contributed by atoms with Gasteiger partial charge in [0.05, 0.1) is 17.7 Å². The standard InChI is InChI=1S/C70H103N7O11/c1-19-45(11)52-40-57(78)55-30-25-33-77(55)67(84)56(37-48-28-24-29-49(35-48)50-31-32-71-53(38-50)42(5)6)73(15)66(83)54(36-47-26-22-21-23-27-47)72-63(80)60(44(9)10)75(17)68(85)61(46(12)20-2)88-69(86)62(70(13,14)87)76(18)64(81)51(34-41(3)4)39-58(79)59(43(7)8)74(16)65(52)82/h21-24,26-29,31-32,35,38,41-46,51-52,54-56,59-62,87H,19-20,25,30,33-34,36-37,39-40H2,1-18H3,(H,72,80)/t45?,46?,51?,52-,54-,55-,56-,59-,60-,61+,62+/m0/s1. The average Bonchev–Trinajstić information content (AvgIpc) is 4.24. The molecular formula is C70H103N7O11. The van der Waals surface area contributed by atoms with Crippen molar-refractivity contribution in [3.8, 4) is 11.1 Å². The van der Waals surface area contributed by atoms with Gasteiger partial charge < -0.3 is 39.7 Å². The van der Waals surface area contributed by atoms with Gasteiger partial charge in [0.25, 0.3) is 5.91 Å². The maximum Gasteiger partial charge on any atom is 0.332 e. The van der Waals surface area contributed by atoms with Crippen LogP contribution in [0.1, 0.15) is 165 Å². The summed E-state index contributed by atoms with van der Waals surface area (Å²) in [6, 6.07) is 13.3. The number of nitrogens with zero attached hydrogens (tertiary/aromatic N) is 6. The highest BCUT2D eigenvalue weighted by atomic mass is 16.6. The van der Waals surface area contributed by atoms with Gasteiger partial charge in [0.15, 0.2) is 23.7 Å². The Morgan fingerprint density at radius 1 is 0.636 bits per heavy atom. The van der Waals surface area contributed by atoms with Gasteiger partial charge in [-0.3, -0.25) is 43.3 Å². The zero-order valence-electron chi connectivity index (χ0n) is 55.9. The number of cyclic esters (lactones) is 1. The maximum absolute atomic E-state index is 15.8. The fourth-order valence-corrected chi connectivity index (χ4v) is 12.9. The third-order valence-electron chi connectivity index (χ3n) is 18.3. The van der Waals surface area contributed by atoms with E-state index in [1.54, 1.807) is 38.9 Å². The van der Waals surface area contributed by atoms with Crippen LogP contribution in [0.3, 0.4) is 0 Å². The van der Waals surface area contributed by atoms with Crippen LogP contribution in [0.15, 0.2) is 72.9 Å². The Hall–Kier alpha value is -6.82. The zero-order valence-corrected chi connectivity index (χ0v) is 55.9. The number of carbonyl (C=O) groups is 9. The number of aliphatic hydroxyl groups is 1. The van der Waals surface area contributed by atoms with Crippen LogP contribution in [-0.2, 0) is 60.7 Å². The Balaban J connectivity index is 1.74. The van der Waals surface area contributed by atoms with Crippen molar-refractivity contribution in [2.45, 2.75) is 209 Å². The number of esters is 1. The van der Waals surface area contributed by atoms with Crippen molar-refractivity contribution in [1.29, 1.82) is 0 Å². The van der Waals surface area contributed by atoms with Gasteiger partial charge in [0, 0.05) is 90.1 Å². The van der Waals surface area contributed by atoms with Crippen molar-refractivity contribution >= 4 is 53.0 Å². The number of ketones is 2. The molecule has 2 saturated heterocycles. The summed E-state index contributed by atoms with van der Waals surface area (Å²) in [4.78, 5) is 148. The fraction of sp³-hybridized carbons (Fsp3) is 0.629. The van der Waals surface area contributed by atoms with Crippen LogP contribution in [0.4, 0.5) is 0 Å². The molecule has 0 saturated carbocycles. The topological polar surface area (TPSA) is 224 Å². The van der Waals surface area contributed by atoms with Gasteiger partial charge in [-0.15, -0.1) is 0 Å². The molecular weight excluding hydrogens is 1110 g/mol. The van der Waals surface area contributed by atoms with Crippen LogP contribution in [0.25, 0.3) is 11.1 Å². The first-order valence-corrected chi connectivity index (χ1v) is 32.0. The molecule has 18 nitrogen and oxygen atoms in total. The van der Waals surface area contributed by atoms with E-state index < -0.39 is 125 Å². The molecule has 3 aromatic rings. The third kappa shape index (κ3) is 17.7. The summed E-state index contributed by atoms with van der Waals surface area (Å²) < 4.78 is 6.16. The minimum Gasteiger partial charge on any atom is -0.450 e. The van der Waals surface area contributed by atoms with E-state index in [0.29, 0.717) is 31.2 Å². The van der Waals surface area contributed by atoms with Crippen molar-refractivity contribution in [3.63, 3.8) is 0 Å². The summed E-state index contributed by atoms with van der Waals surface area (Å²) in [7, 11) is 5.85. The molecule has 6 amide bonds. The number of hydrogen-bond acceptors (Lipinski definition) is 12. The van der Waals surface area contributed by atoms with E-state index in [4.69, 9.17) is 4.74 Å². The molecule has 1 aromatic heterocycles. The Bertz CT molecular complexity index is 2920. The van der Waals surface area contributed by atoms with Crippen LogP contribution in [-0.4, -0.2) is 170 Å². The van der Waals surface area contributed by atoms with Crippen LogP contribution < -0.4 is 5.32 Å². The summed E-state index contributed by atoms with van der Waals surface area (Å²) in [6.07, 6.45) is 1.52. The number of pyridine rings is 1. The van der Waals surface area contributed by atoms with E-state index in [1.165, 1.54) is 49.7 Å². The van der Waals surface area contributed by atoms with Gasteiger partial charge in [-0.2, -0.15) is 0 Å². The molecule has 11 atom stereocenters. The molecule has 0 spiro atoms. The monoisotopic (exact) mass is 1220 g/mol. The Morgan fingerprint density at radius 2 is 1.24 bits per heavy atom. The number of likely N-dealkylation sites (N-methyl/N-ethyl adjacent to an activating group) is 4. The summed E-state index contributed by atoms with van der Waals surface area (Å²) in [6.45, 7) is 25.3. The summed E-state index contributed by atoms with van der Waals surface area (Å²) in [5.74, 6) is -9.31. The first kappa shape index (κ1) is 71.9. The second-order valence-electron chi connectivity index (χ2n) is 27.1. The number of aromatic nitrogens is 1. The largest absolute Gasteiger partial charge is 0.450 e. The van der Waals surface area contributed by atoms with E-state index in [1.807, 2.05) is 115 Å². The number of carbonyl (C=O) groups excluding carboxylic acids is 9. The zero-order chi connectivity index (χ0) is 65.8. The highest BCUT2D eigenvalue weighted by molar-refractivity contribution is 5.99. The van der Waals surface area contributed by atoms with E-state index in [9.17, 15) is 19.5 Å². The van der Waals surface area contributed by atoms with E-state index in [2.05, 4.69) is 24.1 Å². The van der Waals surface area contributed by atoms with Gasteiger partial charge in [0.1, 0.15) is 18.1 Å². The smallest absolute Gasteiger partial charge is 0.332 e. The lowest BCUT2D eigenvalue weighted by atomic mass is 9.82. The first-order valence-electron chi connectivity index (χ1n) is 32.0. The van der Waals surface area contributed by atoms with E-state index in [-0.39, 0.29) is 62.2 Å². The Kier molecular flexibility index (Phi) is 25.8. The highest BCUT2D eigenvalue weighted by Crippen LogP contribution is 2.33. The predicted octanol–water partition coefficient (Wildman–Crippen LogP) is 8.74.